The zero-order valence-electron chi connectivity index (χ0n) is 14.9. The molecule has 0 N–H and O–H groups in total. The molecule has 1 nitrogen and oxygen atoms in total. The third kappa shape index (κ3) is 2.78. The van der Waals surface area contributed by atoms with Gasteiger partial charge in [0.25, 0.3) is 0 Å². The molecular formula is C26H19N. The van der Waals surface area contributed by atoms with Crippen LogP contribution in [0.5, 0.6) is 0 Å². The maximum atomic E-state index is 5.32. The lowest BCUT2D eigenvalue weighted by Gasteiger charge is -2.16. The van der Waals surface area contributed by atoms with Crippen LogP contribution in [0.3, 0.4) is 0 Å². The Balaban J connectivity index is 1.84. The third-order valence-electron chi connectivity index (χ3n) is 5.15. The maximum Gasteiger partial charge on any atom is 0.101 e. The monoisotopic (exact) mass is 345 g/mol. The van der Waals surface area contributed by atoms with Crippen molar-refractivity contribution in [1.82, 2.24) is 0 Å². The molecule has 1 aliphatic rings. The highest BCUT2D eigenvalue weighted by molar-refractivity contribution is 6.17. The van der Waals surface area contributed by atoms with E-state index in [9.17, 15) is 0 Å². The summed E-state index contributed by atoms with van der Waals surface area (Å²) in [4.78, 5) is 5.32. The van der Waals surface area contributed by atoms with Crippen LogP contribution in [-0.4, -0.2) is 5.71 Å². The molecule has 0 saturated heterocycles. The number of aliphatic imine (C=N–C) groups is 1. The summed E-state index contributed by atoms with van der Waals surface area (Å²) in [6.07, 6.45) is 0. The van der Waals surface area contributed by atoms with Gasteiger partial charge in [-0.25, -0.2) is 0 Å². The molecule has 128 valence electrons. The van der Waals surface area contributed by atoms with Crippen LogP contribution >= 0.6 is 0 Å². The normalized spacial score (nSPS) is 15.3. The summed E-state index contributed by atoms with van der Waals surface area (Å²) < 4.78 is 0. The molecule has 1 atom stereocenters. The van der Waals surface area contributed by atoms with E-state index < -0.39 is 0 Å². The van der Waals surface area contributed by atoms with Gasteiger partial charge in [0.2, 0.25) is 0 Å². The van der Waals surface area contributed by atoms with Crippen molar-refractivity contribution in [2.45, 2.75) is 6.04 Å². The molecule has 1 heterocycles. The molecule has 0 radical (unpaired) electrons. The highest BCUT2D eigenvalue weighted by Gasteiger charge is 2.25. The molecule has 4 aromatic rings. The first kappa shape index (κ1) is 15.8. The number of nitrogens with zero attached hydrogens (tertiary/aromatic N) is 1. The van der Waals surface area contributed by atoms with E-state index in [2.05, 4.69) is 109 Å². The fraction of sp³-hybridized carbons (Fsp3) is 0.0385. The van der Waals surface area contributed by atoms with Gasteiger partial charge in [-0.15, -0.1) is 0 Å². The molecule has 27 heavy (non-hydrogen) atoms. The Kier molecular flexibility index (Phi) is 3.91. The van der Waals surface area contributed by atoms with Crippen molar-refractivity contribution in [2.24, 2.45) is 4.99 Å². The number of hydrogen-bond donors (Lipinski definition) is 0. The van der Waals surface area contributed by atoms with Crippen LogP contribution in [0.1, 0.15) is 28.3 Å². The zero-order chi connectivity index (χ0) is 18.1. The first-order chi connectivity index (χ1) is 13.4. The topological polar surface area (TPSA) is 12.4 Å². The van der Waals surface area contributed by atoms with E-state index in [4.69, 9.17) is 4.99 Å². The molecular weight excluding hydrogens is 326 g/mol. The minimum absolute atomic E-state index is 0.0231. The van der Waals surface area contributed by atoms with Crippen LogP contribution in [0.2, 0.25) is 0 Å². The van der Waals surface area contributed by atoms with Crippen molar-refractivity contribution >= 4 is 5.71 Å². The van der Waals surface area contributed by atoms with Crippen molar-refractivity contribution in [1.29, 1.82) is 0 Å². The van der Waals surface area contributed by atoms with Crippen molar-refractivity contribution in [3.63, 3.8) is 0 Å². The molecule has 0 aromatic heterocycles. The summed E-state index contributed by atoms with van der Waals surface area (Å²) >= 11 is 0. The molecule has 5 rings (SSSR count). The first-order valence-electron chi connectivity index (χ1n) is 9.29. The van der Waals surface area contributed by atoms with E-state index in [-0.39, 0.29) is 6.04 Å². The van der Waals surface area contributed by atoms with Crippen molar-refractivity contribution in [3.05, 3.63) is 131 Å². The Morgan fingerprint density at radius 2 is 1.04 bits per heavy atom. The van der Waals surface area contributed by atoms with E-state index in [0.29, 0.717) is 0 Å². The van der Waals surface area contributed by atoms with E-state index >= 15 is 0 Å². The van der Waals surface area contributed by atoms with Gasteiger partial charge in [0.1, 0.15) is 6.04 Å². The third-order valence-corrected chi connectivity index (χ3v) is 5.15. The Morgan fingerprint density at radius 1 is 0.481 bits per heavy atom. The molecule has 0 amide bonds. The van der Waals surface area contributed by atoms with Crippen LogP contribution in [0.4, 0.5) is 0 Å². The molecule has 0 bridgehead atoms. The SMILES string of the molecule is c1ccc(C2=NC(c3ccccc3)c3ccccc3-c3ccccc32)cc1. The highest BCUT2D eigenvalue weighted by atomic mass is 14.8. The number of hydrogen-bond acceptors (Lipinski definition) is 1. The minimum atomic E-state index is -0.0231. The second-order valence-electron chi connectivity index (χ2n) is 6.79. The average Bonchev–Trinajstić information content (AvgIpc) is 2.90. The fourth-order valence-corrected chi connectivity index (χ4v) is 3.89. The Labute approximate surface area is 159 Å². The van der Waals surface area contributed by atoms with E-state index in [1.807, 2.05) is 0 Å². The van der Waals surface area contributed by atoms with Crippen LogP contribution in [0.15, 0.2) is 114 Å². The summed E-state index contributed by atoms with van der Waals surface area (Å²) in [6.45, 7) is 0. The average molecular weight is 345 g/mol. The van der Waals surface area contributed by atoms with E-state index in [0.717, 1.165) is 11.3 Å². The van der Waals surface area contributed by atoms with Crippen molar-refractivity contribution < 1.29 is 0 Å². The molecule has 0 fully saturated rings. The lowest BCUT2D eigenvalue weighted by molar-refractivity contribution is 0.879. The molecule has 4 aromatic carbocycles. The Hall–Kier alpha value is -3.45. The quantitative estimate of drug-likeness (QED) is 0.404. The predicted molar refractivity (Wildman–Crippen MR) is 112 cm³/mol. The van der Waals surface area contributed by atoms with Crippen LogP contribution in [-0.2, 0) is 0 Å². The molecule has 0 saturated carbocycles. The lowest BCUT2D eigenvalue weighted by Crippen LogP contribution is -2.06. The summed E-state index contributed by atoms with van der Waals surface area (Å²) in [7, 11) is 0. The number of rotatable bonds is 2. The van der Waals surface area contributed by atoms with Crippen LogP contribution in [0.25, 0.3) is 11.1 Å². The number of benzene rings is 4. The van der Waals surface area contributed by atoms with Gasteiger partial charge in [-0.3, -0.25) is 4.99 Å². The maximum absolute atomic E-state index is 5.32. The second kappa shape index (κ2) is 6.69. The summed E-state index contributed by atoms with van der Waals surface area (Å²) in [6, 6.07) is 38.3. The minimum Gasteiger partial charge on any atom is -0.271 e. The van der Waals surface area contributed by atoms with E-state index in [1.54, 1.807) is 0 Å². The predicted octanol–water partition coefficient (Wildman–Crippen LogP) is 6.29. The zero-order valence-corrected chi connectivity index (χ0v) is 14.9. The standard InChI is InChI=1S/C26H19N/c1-3-11-19(12-4-1)25-23-17-9-7-15-21(23)22-16-8-10-18-24(22)26(27-25)20-13-5-2-6-14-20/h1-18,25H. The van der Waals surface area contributed by atoms with Gasteiger partial charge >= 0.3 is 0 Å². The first-order valence-corrected chi connectivity index (χ1v) is 9.29. The molecule has 1 unspecified atom stereocenters. The van der Waals surface area contributed by atoms with Crippen molar-refractivity contribution in [3.8, 4) is 11.1 Å². The molecule has 0 aliphatic carbocycles. The molecule has 1 heteroatoms. The summed E-state index contributed by atoms with van der Waals surface area (Å²) in [5, 5.41) is 0. The van der Waals surface area contributed by atoms with Gasteiger partial charge in [0, 0.05) is 11.1 Å². The fourth-order valence-electron chi connectivity index (χ4n) is 3.89. The highest BCUT2D eigenvalue weighted by Crippen LogP contribution is 2.40. The van der Waals surface area contributed by atoms with Gasteiger partial charge < -0.3 is 0 Å². The summed E-state index contributed by atoms with van der Waals surface area (Å²) in [5.41, 5.74) is 8.36. The van der Waals surface area contributed by atoms with Gasteiger partial charge in [-0.1, -0.05) is 109 Å². The largest absolute Gasteiger partial charge is 0.271 e. The smallest absolute Gasteiger partial charge is 0.101 e. The molecule has 1 aliphatic heterocycles. The molecule has 0 spiro atoms. The summed E-state index contributed by atoms with van der Waals surface area (Å²) in [5.74, 6) is 0. The van der Waals surface area contributed by atoms with Gasteiger partial charge in [-0.2, -0.15) is 0 Å². The van der Waals surface area contributed by atoms with Crippen molar-refractivity contribution in [2.75, 3.05) is 0 Å². The van der Waals surface area contributed by atoms with Gasteiger partial charge in [-0.05, 0) is 22.3 Å². The van der Waals surface area contributed by atoms with Crippen LogP contribution < -0.4 is 0 Å². The second-order valence-corrected chi connectivity index (χ2v) is 6.79. The number of fused-ring (bicyclic) bond motifs is 3. The van der Waals surface area contributed by atoms with Gasteiger partial charge in [0.15, 0.2) is 0 Å². The Bertz CT molecular complexity index is 1110. The van der Waals surface area contributed by atoms with E-state index in [1.165, 1.54) is 27.8 Å². The lowest BCUT2D eigenvalue weighted by atomic mass is 9.90. The van der Waals surface area contributed by atoms with Gasteiger partial charge in [0.05, 0.1) is 5.71 Å². The van der Waals surface area contributed by atoms with Crippen LogP contribution in [0, 0.1) is 0 Å². The Morgan fingerprint density at radius 3 is 1.78 bits per heavy atom.